The Kier molecular flexibility index (Phi) is 3.20. The molecule has 0 amide bonds. The second-order valence-corrected chi connectivity index (χ2v) is 6.33. The number of benzene rings is 2. The van der Waals surface area contributed by atoms with Crippen molar-refractivity contribution in [3.8, 4) is 28.5 Å². The summed E-state index contributed by atoms with van der Waals surface area (Å²) in [4.78, 5) is 7.71. The Hall–Kier alpha value is -2.60. The fourth-order valence-corrected chi connectivity index (χ4v) is 2.98. The van der Waals surface area contributed by atoms with Crippen LogP contribution in [0.4, 0.5) is 0 Å². The van der Waals surface area contributed by atoms with Gasteiger partial charge in [0.25, 0.3) is 0 Å². The summed E-state index contributed by atoms with van der Waals surface area (Å²) in [7, 11) is 0. The smallest absolute Gasteiger partial charge is 0.172 e. The molecule has 0 radical (unpaired) electrons. The number of hydrogen-bond acceptors (Lipinski definition) is 3. The van der Waals surface area contributed by atoms with Gasteiger partial charge in [-0.25, -0.2) is 4.98 Å². The molecule has 5 nitrogen and oxygen atoms in total. The monoisotopic (exact) mass is 368 g/mol. The first kappa shape index (κ1) is 14.0. The molecule has 3 N–H and O–H groups in total. The van der Waals surface area contributed by atoms with E-state index in [2.05, 4.69) is 36.1 Å². The van der Waals surface area contributed by atoms with E-state index in [1.54, 1.807) is 0 Å². The summed E-state index contributed by atoms with van der Waals surface area (Å²) in [6.45, 7) is 2.03. The van der Waals surface area contributed by atoms with E-state index in [9.17, 15) is 5.11 Å². The molecule has 4 aromatic rings. The molecule has 23 heavy (non-hydrogen) atoms. The minimum absolute atomic E-state index is 0.0823. The molecule has 0 fully saturated rings. The van der Waals surface area contributed by atoms with Crippen molar-refractivity contribution in [2.24, 2.45) is 0 Å². The van der Waals surface area contributed by atoms with Crippen LogP contribution in [0.1, 0.15) is 5.56 Å². The molecule has 2 heterocycles. The molecule has 0 unspecified atom stereocenters. The third-order valence-corrected chi connectivity index (χ3v) is 4.21. The first-order chi connectivity index (χ1) is 11.1. The van der Waals surface area contributed by atoms with Gasteiger partial charge in [0.2, 0.25) is 0 Å². The first-order valence-electron chi connectivity index (χ1n) is 7.12. The fraction of sp³-hybridized carbons (Fsp3) is 0.0588. The predicted molar refractivity (Wildman–Crippen MR) is 93.2 cm³/mol. The number of aromatic hydroxyl groups is 1. The Labute approximate surface area is 140 Å². The maximum atomic E-state index is 10.5. The Morgan fingerprint density at radius 2 is 2.00 bits per heavy atom. The molecule has 0 aliphatic heterocycles. The third kappa shape index (κ3) is 2.41. The molecule has 0 aliphatic rings. The number of fused-ring (bicyclic) bond motifs is 1. The van der Waals surface area contributed by atoms with Crippen LogP contribution in [0.25, 0.3) is 33.8 Å². The van der Waals surface area contributed by atoms with Crippen molar-refractivity contribution in [1.29, 1.82) is 0 Å². The Morgan fingerprint density at radius 3 is 2.83 bits per heavy atom. The lowest BCUT2D eigenvalue weighted by Gasteiger charge is -1.99. The van der Waals surface area contributed by atoms with Gasteiger partial charge in [-0.3, -0.25) is 5.10 Å². The molecule has 2 aromatic carbocycles. The average molecular weight is 369 g/mol. The molecule has 0 aliphatic carbocycles. The van der Waals surface area contributed by atoms with Crippen molar-refractivity contribution >= 4 is 27.0 Å². The number of H-pyrrole nitrogens is 2. The van der Waals surface area contributed by atoms with Gasteiger partial charge in [0.05, 0.1) is 11.0 Å². The number of nitrogens with zero attached hydrogens (tertiary/aromatic N) is 2. The zero-order valence-corrected chi connectivity index (χ0v) is 13.8. The van der Waals surface area contributed by atoms with Gasteiger partial charge in [0, 0.05) is 10.0 Å². The van der Waals surface area contributed by atoms with E-state index in [1.165, 1.54) is 0 Å². The first-order valence-corrected chi connectivity index (χ1v) is 7.91. The van der Waals surface area contributed by atoms with E-state index < -0.39 is 0 Å². The predicted octanol–water partition coefficient (Wildman–Crippen LogP) is 4.40. The highest BCUT2D eigenvalue weighted by atomic mass is 79.9. The van der Waals surface area contributed by atoms with Crippen LogP contribution in [0.2, 0.25) is 0 Å². The highest BCUT2D eigenvalue weighted by Crippen LogP contribution is 2.36. The van der Waals surface area contributed by atoms with Crippen molar-refractivity contribution in [2.45, 2.75) is 6.92 Å². The minimum atomic E-state index is 0.0823. The van der Waals surface area contributed by atoms with Crippen molar-refractivity contribution < 1.29 is 5.11 Å². The largest absolute Gasteiger partial charge is 0.504 e. The normalized spacial score (nSPS) is 11.2. The SMILES string of the molecule is Cc1ccc2nc(-c3n[nH]c(-c4cccc(Br)c4)c3O)[nH]c2c1. The van der Waals surface area contributed by atoms with Crippen LogP contribution in [0.3, 0.4) is 0 Å². The number of hydrogen-bond donors (Lipinski definition) is 3. The van der Waals surface area contributed by atoms with E-state index in [0.717, 1.165) is 26.6 Å². The Bertz CT molecular complexity index is 1020. The molecule has 2 aromatic heterocycles. The van der Waals surface area contributed by atoms with Crippen molar-refractivity contribution in [3.05, 3.63) is 52.5 Å². The van der Waals surface area contributed by atoms with E-state index in [-0.39, 0.29) is 5.75 Å². The lowest BCUT2D eigenvalue weighted by atomic mass is 10.1. The van der Waals surface area contributed by atoms with Gasteiger partial charge in [0.15, 0.2) is 17.3 Å². The highest BCUT2D eigenvalue weighted by molar-refractivity contribution is 9.10. The van der Waals surface area contributed by atoms with Gasteiger partial charge < -0.3 is 10.1 Å². The Balaban J connectivity index is 1.83. The standard InChI is InChI=1S/C17H13BrN4O/c1-9-5-6-12-13(7-9)20-17(19-12)15-16(23)14(21-22-15)10-3-2-4-11(18)8-10/h2-8,23H,1H3,(H,19,20)(H,21,22). The van der Waals surface area contributed by atoms with E-state index in [4.69, 9.17) is 0 Å². The summed E-state index contributed by atoms with van der Waals surface area (Å²) in [5.74, 6) is 0.625. The van der Waals surface area contributed by atoms with Gasteiger partial charge in [-0.15, -0.1) is 0 Å². The number of aromatic nitrogens is 4. The number of rotatable bonds is 2. The van der Waals surface area contributed by atoms with Crippen LogP contribution in [-0.4, -0.2) is 25.3 Å². The number of nitrogens with one attached hydrogen (secondary N) is 2. The van der Waals surface area contributed by atoms with Crippen molar-refractivity contribution in [1.82, 2.24) is 20.2 Å². The maximum Gasteiger partial charge on any atom is 0.172 e. The lowest BCUT2D eigenvalue weighted by Crippen LogP contribution is -1.80. The number of halogens is 1. The second-order valence-electron chi connectivity index (χ2n) is 5.41. The molecule has 114 valence electrons. The number of imidazole rings is 1. The van der Waals surface area contributed by atoms with Crippen LogP contribution in [0.15, 0.2) is 46.9 Å². The Morgan fingerprint density at radius 1 is 1.13 bits per heavy atom. The highest BCUT2D eigenvalue weighted by Gasteiger charge is 2.18. The van der Waals surface area contributed by atoms with Gasteiger partial charge in [-0.05, 0) is 36.8 Å². The summed E-state index contributed by atoms with van der Waals surface area (Å²) in [5, 5.41) is 17.7. The zero-order valence-electron chi connectivity index (χ0n) is 12.3. The van der Waals surface area contributed by atoms with Crippen LogP contribution >= 0.6 is 15.9 Å². The zero-order chi connectivity index (χ0) is 16.0. The molecule has 0 atom stereocenters. The quantitative estimate of drug-likeness (QED) is 0.490. The van der Waals surface area contributed by atoms with Crippen LogP contribution in [0, 0.1) is 6.92 Å². The topological polar surface area (TPSA) is 77.6 Å². The molecule has 0 bridgehead atoms. The summed E-state index contributed by atoms with van der Waals surface area (Å²) < 4.78 is 0.935. The summed E-state index contributed by atoms with van der Waals surface area (Å²) >= 11 is 3.43. The van der Waals surface area contributed by atoms with Gasteiger partial charge >= 0.3 is 0 Å². The van der Waals surface area contributed by atoms with Gasteiger partial charge in [-0.2, -0.15) is 5.10 Å². The van der Waals surface area contributed by atoms with Crippen LogP contribution < -0.4 is 0 Å². The second kappa shape index (κ2) is 5.24. The molecule has 0 spiro atoms. The van der Waals surface area contributed by atoms with E-state index in [1.807, 2.05) is 49.4 Å². The van der Waals surface area contributed by atoms with E-state index in [0.29, 0.717) is 17.2 Å². The van der Waals surface area contributed by atoms with E-state index >= 15 is 0 Å². The van der Waals surface area contributed by atoms with Crippen LogP contribution in [-0.2, 0) is 0 Å². The maximum absolute atomic E-state index is 10.5. The molecule has 0 saturated carbocycles. The minimum Gasteiger partial charge on any atom is -0.504 e. The summed E-state index contributed by atoms with van der Waals surface area (Å²) in [5.41, 5.74) is 4.74. The van der Waals surface area contributed by atoms with Crippen LogP contribution in [0.5, 0.6) is 5.75 Å². The molecule has 4 rings (SSSR count). The summed E-state index contributed by atoms with van der Waals surface area (Å²) in [6, 6.07) is 13.6. The summed E-state index contributed by atoms with van der Waals surface area (Å²) in [6.07, 6.45) is 0. The van der Waals surface area contributed by atoms with Crippen molar-refractivity contribution in [3.63, 3.8) is 0 Å². The average Bonchev–Trinajstić information content (AvgIpc) is 3.10. The molecular weight excluding hydrogens is 356 g/mol. The molecule has 6 heteroatoms. The molecule has 0 saturated heterocycles. The third-order valence-electron chi connectivity index (χ3n) is 3.72. The van der Waals surface area contributed by atoms with Gasteiger partial charge in [-0.1, -0.05) is 34.1 Å². The molecular formula is C17H13BrN4O. The lowest BCUT2D eigenvalue weighted by molar-refractivity contribution is 0.479. The van der Waals surface area contributed by atoms with Crippen molar-refractivity contribution in [2.75, 3.05) is 0 Å². The number of aryl methyl sites for hydroxylation is 1. The number of aromatic amines is 2. The van der Waals surface area contributed by atoms with Gasteiger partial charge in [0.1, 0.15) is 5.69 Å². The fourth-order valence-electron chi connectivity index (χ4n) is 2.58.